The summed E-state index contributed by atoms with van der Waals surface area (Å²) >= 11 is 3.18. The lowest BCUT2D eigenvalue weighted by molar-refractivity contribution is 0.300. The minimum atomic E-state index is 0.00667. The van der Waals surface area contributed by atoms with Gasteiger partial charge in [-0.2, -0.15) is 0 Å². The topological polar surface area (TPSA) is 62.3 Å². The second-order valence-corrected chi connectivity index (χ2v) is 9.28. The fourth-order valence-corrected chi connectivity index (χ4v) is 8.04. The zero-order valence-electron chi connectivity index (χ0n) is 13.3. The number of hydrogen-bond donors (Lipinski definition) is 2. The molecule has 6 heteroatoms. The van der Waals surface area contributed by atoms with Gasteiger partial charge in [0.2, 0.25) is 0 Å². The molecule has 2 N–H and O–H groups in total. The third-order valence-corrected chi connectivity index (χ3v) is 8.67. The van der Waals surface area contributed by atoms with Gasteiger partial charge in [-0.1, -0.05) is 23.5 Å². The Morgan fingerprint density at radius 2 is 2.12 bits per heavy atom. The van der Waals surface area contributed by atoms with Crippen LogP contribution in [-0.2, 0) is 0 Å². The third-order valence-electron chi connectivity index (χ3n) is 6.05. The van der Waals surface area contributed by atoms with Crippen molar-refractivity contribution in [1.82, 2.24) is 4.98 Å². The van der Waals surface area contributed by atoms with E-state index in [1.54, 1.807) is 13.2 Å². The zero-order chi connectivity index (χ0) is 16.4. The highest BCUT2D eigenvalue weighted by molar-refractivity contribution is 8.00. The number of ether oxygens (including phenoxy) is 1. The van der Waals surface area contributed by atoms with Crippen LogP contribution in [0.2, 0.25) is 0 Å². The molecule has 4 nitrogen and oxygen atoms in total. The number of hydrogen-bond acceptors (Lipinski definition) is 5. The molecule has 2 aromatic rings. The Morgan fingerprint density at radius 1 is 1.29 bits per heavy atom. The van der Waals surface area contributed by atoms with Gasteiger partial charge in [-0.05, 0) is 43.1 Å². The molecular formula is C18H19NO3S2. The second-order valence-electron chi connectivity index (χ2n) is 7.08. The molecule has 1 aromatic heterocycles. The van der Waals surface area contributed by atoms with Crippen LogP contribution in [0.1, 0.15) is 35.6 Å². The van der Waals surface area contributed by atoms with Crippen molar-refractivity contribution < 1.29 is 9.84 Å². The smallest absolute Gasteiger partial charge is 0.305 e. The molecule has 2 bridgehead atoms. The van der Waals surface area contributed by atoms with E-state index in [1.807, 2.05) is 23.9 Å². The van der Waals surface area contributed by atoms with Crippen LogP contribution in [0.25, 0.3) is 0 Å². The van der Waals surface area contributed by atoms with E-state index in [4.69, 9.17) is 4.74 Å². The molecule has 2 aliphatic carbocycles. The molecule has 2 heterocycles. The lowest BCUT2D eigenvalue weighted by atomic mass is 9.74. The first-order valence-corrected chi connectivity index (χ1v) is 10.1. The van der Waals surface area contributed by atoms with Gasteiger partial charge >= 0.3 is 4.87 Å². The van der Waals surface area contributed by atoms with Gasteiger partial charge in [0.15, 0.2) is 11.5 Å². The van der Waals surface area contributed by atoms with Gasteiger partial charge in [-0.3, -0.25) is 4.79 Å². The summed E-state index contributed by atoms with van der Waals surface area (Å²) in [7, 11) is 1.58. The molecule has 0 saturated heterocycles. The first kappa shape index (κ1) is 14.9. The Bertz CT molecular complexity index is 858. The number of aromatic hydroxyl groups is 1. The highest BCUT2D eigenvalue weighted by Crippen LogP contribution is 2.64. The molecule has 1 aromatic carbocycles. The van der Waals surface area contributed by atoms with E-state index in [2.05, 4.69) is 4.98 Å². The van der Waals surface area contributed by atoms with Crippen molar-refractivity contribution >= 4 is 23.1 Å². The summed E-state index contributed by atoms with van der Waals surface area (Å²) in [6.07, 6.45) is 3.88. The first-order chi connectivity index (χ1) is 11.7. The van der Waals surface area contributed by atoms with E-state index in [9.17, 15) is 9.90 Å². The zero-order valence-corrected chi connectivity index (χ0v) is 15.0. The monoisotopic (exact) mass is 361 g/mol. The number of nitrogens with one attached hydrogen (secondary N) is 1. The lowest BCUT2D eigenvalue weighted by Gasteiger charge is -2.40. The summed E-state index contributed by atoms with van der Waals surface area (Å²) in [6, 6.07) is 5.72. The standard InChI is InChI=1S/C18H19NO3S2/c1-22-11-4-2-3-10(14(11)20)13-12-8-5-6-9(7-8)15(12)23-17-16(13)24-18(21)19-17/h2-4,8-9,12-13,15,20H,5-7H2,1H3,(H,19,21)/t8-,9-,12+,13+,15+/m1/s1. The summed E-state index contributed by atoms with van der Waals surface area (Å²) in [4.78, 5) is 16.1. The Balaban J connectivity index is 1.71. The number of rotatable bonds is 2. The third kappa shape index (κ3) is 1.96. The summed E-state index contributed by atoms with van der Waals surface area (Å²) in [6.45, 7) is 0. The molecule has 126 valence electrons. The van der Waals surface area contributed by atoms with Crippen LogP contribution in [0.5, 0.6) is 11.5 Å². The van der Waals surface area contributed by atoms with Gasteiger partial charge < -0.3 is 14.8 Å². The Hall–Kier alpha value is -1.40. The predicted molar refractivity (Wildman–Crippen MR) is 95.4 cm³/mol. The highest BCUT2D eigenvalue weighted by Gasteiger charge is 2.55. The van der Waals surface area contributed by atoms with Crippen molar-refractivity contribution in [2.45, 2.75) is 35.5 Å². The van der Waals surface area contributed by atoms with Crippen LogP contribution in [0.3, 0.4) is 0 Å². The van der Waals surface area contributed by atoms with Gasteiger partial charge in [-0.25, -0.2) is 0 Å². The summed E-state index contributed by atoms with van der Waals surface area (Å²) in [5, 5.41) is 12.3. The number of para-hydroxylation sites is 1. The fourth-order valence-electron chi connectivity index (χ4n) is 5.15. The van der Waals surface area contributed by atoms with Crippen LogP contribution < -0.4 is 9.61 Å². The normalized spacial score (nSPS) is 33.3. The maximum Gasteiger partial charge on any atom is 0.305 e. The van der Waals surface area contributed by atoms with Crippen molar-refractivity contribution in [2.75, 3.05) is 7.11 Å². The number of aromatic amines is 1. The number of benzene rings is 1. The van der Waals surface area contributed by atoms with Gasteiger partial charge in [0.1, 0.15) is 0 Å². The average molecular weight is 361 g/mol. The van der Waals surface area contributed by atoms with Crippen molar-refractivity contribution in [2.24, 2.45) is 17.8 Å². The summed E-state index contributed by atoms with van der Waals surface area (Å²) in [5.74, 6) is 2.79. The quantitative estimate of drug-likeness (QED) is 0.854. The second kappa shape index (κ2) is 5.30. The molecule has 1 aliphatic heterocycles. The number of methoxy groups -OCH3 is 1. The van der Waals surface area contributed by atoms with Crippen molar-refractivity contribution in [1.29, 1.82) is 0 Å². The van der Waals surface area contributed by atoms with Crippen LogP contribution in [0, 0.1) is 17.8 Å². The molecule has 0 amide bonds. The summed E-state index contributed by atoms with van der Waals surface area (Å²) in [5.41, 5.74) is 0.911. The van der Waals surface area contributed by atoms with Gasteiger partial charge in [0, 0.05) is 21.6 Å². The number of phenols is 1. The molecular weight excluding hydrogens is 342 g/mol. The maximum atomic E-state index is 12.0. The number of aromatic nitrogens is 1. The summed E-state index contributed by atoms with van der Waals surface area (Å²) < 4.78 is 5.32. The molecule has 5 atom stereocenters. The SMILES string of the molecule is COc1cccc([C@@H]2c3sc(=O)[nH]c3S[C@H]3[C@@H]4CC[C@H](C4)[C@@H]23)c1O. The average Bonchev–Trinajstić information content (AvgIpc) is 3.26. The molecule has 24 heavy (non-hydrogen) atoms. The van der Waals surface area contributed by atoms with Crippen LogP contribution in [0.4, 0.5) is 0 Å². The van der Waals surface area contributed by atoms with E-state index in [1.165, 1.54) is 30.6 Å². The highest BCUT2D eigenvalue weighted by atomic mass is 32.2. The number of phenolic OH excluding ortho intramolecular Hbond substituents is 1. The van der Waals surface area contributed by atoms with Crippen molar-refractivity contribution in [3.8, 4) is 11.5 Å². The molecule has 3 aliphatic rings. The Morgan fingerprint density at radius 3 is 2.96 bits per heavy atom. The number of thiazole rings is 1. The minimum absolute atomic E-state index is 0.00667. The molecule has 0 radical (unpaired) electrons. The van der Waals surface area contributed by atoms with Gasteiger partial charge in [0.05, 0.1) is 12.1 Å². The van der Waals surface area contributed by atoms with Crippen LogP contribution >= 0.6 is 23.1 Å². The van der Waals surface area contributed by atoms with Crippen molar-refractivity contribution in [3.05, 3.63) is 38.3 Å². The van der Waals surface area contributed by atoms with E-state index in [0.717, 1.165) is 21.4 Å². The number of thioether (sulfide) groups is 1. The maximum absolute atomic E-state index is 12.0. The Kier molecular flexibility index (Phi) is 3.29. The lowest BCUT2D eigenvalue weighted by Crippen LogP contribution is -2.33. The molecule has 5 rings (SSSR count). The number of H-pyrrole nitrogens is 1. The molecule has 2 saturated carbocycles. The van der Waals surface area contributed by atoms with Crippen molar-refractivity contribution in [3.63, 3.8) is 0 Å². The van der Waals surface area contributed by atoms with E-state index in [0.29, 0.717) is 22.8 Å². The predicted octanol–water partition coefficient (Wildman–Crippen LogP) is 3.80. The van der Waals surface area contributed by atoms with Gasteiger partial charge in [0.25, 0.3) is 0 Å². The van der Waals surface area contributed by atoms with Crippen LogP contribution in [0.15, 0.2) is 28.0 Å². The largest absolute Gasteiger partial charge is 0.504 e. The van der Waals surface area contributed by atoms with Gasteiger partial charge in [-0.15, -0.1) is 11.8 Å². The fraction of sp³-hybridized carbons (Fsp3) is 0.500. The Labute approximate surface area is 148 Å². The molecule has 0 spiro atoms. The van der Waals surface area contributed by atoms with Crippen LogP contribution in [-0.4, -0.2) is 22.5 Å². The van der Waals surface area contributed by atoms with E-state index >= 15 is 0 Å². The van der Waals surface area contributed by atoms with E-state index < -0.39 is 0 Å². The first-order valence-electron chi connectivity index (χ1n) is 8.43. The number of fused-ring (bicyclic) bond motifs is 6. The molecule has 2 fully saturated rings. The molecule has 0 unspecified atom stereocenters. The van der Waals surface area contributed by atoms with E-state index in [-0.39, 0.29) is 16.5 Å². The minimum Gasteiger partial charge on any atom is -0.504 e.